The minimum absolute atomic E-state index is 0.0299. The lowest BCUT2D eigenvalue weighted by Gasteiger charge is -2.25. The molecule has 0 radical (unpaired) electrons. The van der Waals surface area contributed by atoms with Crippen LogP contribution in [0, 0.1) is 5.92 Å². The van der Waals surface area contributed by atoms with Gasteiger partial charge in [-0.3, -0.25) is 4.79 Å². The first kappa shape index (κ1) is 12.8. The van der Waals surface area contributed by atoms with Gasteiger partial charge < -0.3 is 21.1 Å². The van der Waals surface area contributed by atoms with Crippen LogP contribution in [0.1, 0.15) is 20.3 Å². The van der Waals surface area contributed by atoms with E-state index in [-0.39, 0.29) is 11.8 Å². The first-order valence-electron chi connectivity index (χ1n) is 5.44. The van der Waals surface area contributed by atoms with E-state index in [1.165, 1.54) is 0 Å². The predicted molar refractivity (Wildman–Crippen MR) is 58.5 cm³/mol. The number of nitrogens with two attached hydrogens (primary N) is 1. The minimum atomic E-state index is -0.702. The van der Waals surface area contributed by atoms with Gasteiger partial charge in [0.1, 0.15) is 6.04 Å². The molecule has 2 atom stereocenters. The van der Waals surface area contributed by atoms with Crippen molar-refractivity contribution in [3.05, 3.63) is 0 Å². The number of aliphatic hydroxyl groups excluding tert-OH is 1. The Kier molecular flexibility index (Phi) is 4.12. The largest absolute Gasteiger partial charge is 0.391 e. The SMILES string of the molecule is CC(C)C(NC(N)=O)C(=O)N1CCC(O)C1. The van der Waals surface area contributed by atoms with E-state index in [9.17, 15) is 14.7 Å². The van der Waals surface area contributed by atoms with Crippen molar-refractivity contribution in [1.29, 1.82) is 0 Å². The number of nitrogens with zero attached hydrogens (tertiary/aromatic N) is 1. The molecule has 6 heteroatoms. The number of urea groups is 1. The van der Waals surface area contributed by atoms with Crippen LogP contribution < -0.4 is 11.1 Å². The third kappa shape index (κ3) is 3.10. The van der Waals surface area contributed by atoms with Gasteiger partial charge in [0.25, 0.3) is 0 Å². The molecule has 2 unspecified atom stereocenters. The molecular formula is C10H19N3O3. The molecule has 1 heterocycles. The van der Waals surface area contributed by atoms with Gasteiger partial charge in [0.05, 0.1) is 6.10 Å². The van der Waals surface area contributed by atoms with E-state index < -0.39 is 18.2 Å². The first-order chi connectivity index (χ1) is 7.41. The monoisotopic (exact) mass is 229 g/mol. The molecule has 0 bridgehead atoms. The number of β-amino-alcohol motifs (C(OH)–C–C–N with tert-alkyl or cyclic N) is 1. The molecule has 0 saturated carbocycles. The van der Waals surface area contributed by atoms with Crippen molar-refractivity contribution >= 4 is 11.9 Å². The Morgan fingerprint density at radius 3 is 2.50 bits per heavy atom. The van der Waals surface area contributed by atoms with Crippen molar-refractivity contribution in [2.75, 3.05) is 13.1 Å². The molecule has 1 aliphatic rings. The van der Waals surface area contributed by atoms with Gasteiger partial charge in [-0.15, -0.1) is 0 Å². The average Bonchev–Trinajstić information content (AvgIpc) is 2.59. The second-order valence-electron chi connectivity index (χ2n) is 4.46. The summed E-state index contributed by atoms with van der Waals surface area (Å²) in [7, 11) is 0. The highest BCUT2D eigenvalue weighted by Crippen LogP contribution is 2.13. The number of primary amides is 1. The van der Waals surface area contributed by atoms with Crippen molar-refractivity contribution < 1.29 is 14.7 Å². The molecule has 1 aliphatic heterocycles. The van der Waals surface area contributed by atoms with Crippen LogP contribution in [0.5, 0.6) is 0 Å². The number of hydrogen-bond donors (Lipinski definition) is 3. The summed E-state index contributed by atoms with van der Waals surface area (Å²) in [5, 5.41) is 11.8. The van der Waals surface area contributed by atoms with Crippen LogP contribution in [0.3, 0.4) is 0 Å². The molecule has 92 valence electrons. The average molecular weight is 229 g/mol. The highest BCUT2D eigenvalue weighted by molar-refractivity contribution is 5.87. The number of nitrogens with one attached hydrogen (secondary N) is 1. The fraction of sp³-hybridized carbons (Fsp3) is 0.800. The maximum Gasteiger partial charge on any atom is 0.312 e. The molecule has 1 saturated heterocycles. The number of carbonyl (C=O) groups is 2. The summed E-state index contributed by atoms with van der Waals surface area (Å²) >= 11 is 0. The quantitative estimate of drug-likeness (QED) is 0.595. The van der Waals surface area contributed by atoms with Crippen molar-refractivity contribution in [1.82, 2.24) is 10.2 Å². The molecule has 0 aliphatic carbocycles. The van der Waals surface area contributed by atoms with Crippen LogP contribution in [0.4, 0.5) is 4.79 Å². The van der Waals surface area contributed by atoms with E-state index in [0.29, 0.717) is 19.5 Å². The number of amides is 3. The number of aliphatic hydroxyl groups is 1. The van der Waals surface area contributed by atoms with Crippen LogP contribution in [0.2, 0.25) is 0 Å². The van der Waals surface area contributed by atoms with Gasteiger partial charge in [-0.25, -0.2) is 4.79 Å². The summed E-state index contributed by atoms with van der Waals surface area (Å²) in [5.74, 6) is -0.205. The van der Waals surface area contributed by atoms with Crippen LogP contribution >= 0.6 is 0 Å². The zero-order chi connectivity index (χ0) is 12.3. The topological polar surface area (TPSA) is 95.7 Å². The molecule has 0 aromatic heterocycles. The van der Waals surface area contributed by atoms with Crippen molar-refractivity contribution in [2.24, 2.45) is 11.7 Å². The van der Waals surface area contributed by atoms with E-state index in [0.717, 1.165) is 0 Å². The second-order valence-corrected chi connectivity index (χ2v) is 4.46. The zero-order valence-electron chi connectivity index (χ0n) is 9.64. The molecule has 4 N–H and O–H groups in total. The lowest BCUT2D eigenvalue weighted by Crippen LogP contribution is -2.52. The summed E-state index contributed by atoms with van der Waals surface area (Å²) in [4.78, 5) is 24.4. The zero-order valence-corrected chi connectivity index (χ0v) is 9.64. The number of likely N-dealkylation sites (tertiary alicyclic amines) is 1. The first-order valence-corrected chi connectivity index (χ1v) is 5.44. The molecule has 0 spiro atoms. The van der Waals surface area contributed by atoms with Gasteiger partial charge in [0.15, 0.2) is 0 Å². The molecule has 6 nitrogen and oxygen atoms in total. The van der Waals surface area contributed by atoms with Gasteiger partial charge in [-0.05, 0) is 12.3 Å². The summed E-state index contributed by atoms with van der Waals surface area (Å²) in [6.45, 7) is 4.54. The summed E-state index contributed by atoms with van der Waals surface area (Å²) < 4.78 is 0. The van der Waals surface area contributed by atoms with Crippen molar-refractivity contribution in [3.8, 4) is 0 Å². The van der Waals surface area contributed by atoms with E-state index in [2.05, 4.69) is 5.32 Å². The van der Waals surface area contributed by atoms with Gasteiger partial charge in [0, 0.05) is 13.1 Å². The lowest BCUT2D eigenvalue weighted by molar-refractivity contribution is -0.133. The van der Waals surface area contributed by atoms with Gasteiger partial charge >= 0.3 is 6.03 Å². The fourth-order valence-electron chi connectivity index (χ4n) is 1.81. The highest BCUT2D eigenvalue weighted by Gasteiger charge is 2.32. The summed E-state index contributed by atoms with van der Waals surface area (Å²) in [5.41, 5.74) is 5.02. The Balaban J connectivity index is 2.63. The van der Waals surface area contributed by atoms with Gasteiger partial charge in [0.2, 0.25) is 5.91 Å². The van der Waals surface area contributed by atoms with Crippen LogP contribution in [-0.2, 0) is 4.79 Å². The summed E-state index contributed by atoms with van der Waals surface area (Å²) in [6.07, 6.45) is 0.137. The Labute approximate surface area is 94.8 Å². The summed E-state index contributed by atoms with van der Waals surface area (Å²) in [6, 6.07) is -1.31. The maximum atomic E-state index is 12.0. The maximum absolute atomic E-state index is 12.0. The molecule has 0 aromatic carbocycles. The third-order valence-corrected chi connectivity index (χ3v) is 2.71. The van der Waals surface area contributed by atoms with Crippen LogP contribution in [0.25, 0.3) is 0 Å². The van der Waals surface area contributed by atoms with Crippen molar-refractivity contribution in [3.63, 3.8) is 0 Å². The normalized spacial score (nSPS) is 22.2. The minimum Gasteiger partial charge on any atom is -0.391 e. The lowest BCUT2D eigenvalue weighted by atomic mass is 10.0. The number of hydrogen-bond acceptors (Lipinski definition) is 3. The Morgan fingerprint density at radius 2 is 2.12 bits per heavy atom. The Morgan fingerprint density at radius 1 is 1.50 bits per heavy atom. The molecule has 0 aromatic rings. The molecule has 16 heavy (non-hydrogen) atoms. The second kappa shape index (κ2) is 5.16. The van der Waals surface area contributed by atoms with E-state index in [4.69, 9.17) is 5.73 Å². The molecule has 1 rings (SSSR count). The Bertz CT molecular complexity index is 280. The molecule has 3 amide bonds. The van der Waals surface area contributed by atoms with Gasteiger partial charge in [-0.2, -0.15) is 0 Å². The Hall–Kier alpha value is -1.30. The van der Waals surface area contributed by atoms with E-state index in [1.807, 2.05) is 13.8 Å². The van der Waals surface area contributed by atoms with Crippen LogP contribution in [-0.4, -0.2) is 47.2 Å². The van der Waals surface area contributed by atoms with Crippen LogP contribution in [0.15, 0.2) is 0 Å². The molecule has 1 fully saturated rings. The number of carbonyl (C=O) groups excluding carboxylic acids is 2. The molecular weight excluding hydrogens is 210 g/mol. The predicted octanol–water partition coefficient (Wildman–Crippen LogP) is -0.727. The van der Waals surface area contributed by atoms with Crippen molar-refractivity contribution in [2.45, 2.75) is 32.4 Å². The van der Waals surface area contributed by atoms with E-state index >= 15 is 0 Å². The number of rotatable bonds is 3. The smallest absolute Gasteiger partial charge is 0.312 e. The standard InChI is InChI=1S/C10H19N3O3/c1-6(2)8(12-10(11)16)9(15)13-4-3-7(14)5-13/h6-8,14H,3-5H2,1-2H3,(H3,11,12,16). The fourth-order valence-corrected chi connectivity index (χ4v) is 1.81. The van der Waals surface area contributed by atoms with E-state index in [1.54, 1.807) is 4.90 Å². The van der Waals surface area contributed by atoms with Gasteiger partial charge in [-0.1, -0.05) is 13.8 Å². The third-order valence-electron chi connectivity index (χ3n) is 2.71. The highest BCUT2D eigenvalue weighted by atomic mass is 16.3.